The summed E-state index contributed by atoms with van der Waals surface area (Å²) in [4.78, 5) is 18.3. The number of carboxylic acids is 1. The Hall–Kier alpha value is -1.72. The first-order valence-corrected chi connectivity index (χ1v) is 7.46. The van der Waals surface area contributed by atoms with Crippen LogP contribution in [0.1, 0.15) is 23.1 Å². The van der Waals surface area contributed by atoms with Crippen LogP contribution < -0.4 is 0 Å². The SMILES string of the molecule is CCN(Cc1ccccc1)Cc1scnc1CC(=O)O. The molecule has 20 heavy (non-hydrogen) atoms. The lowest BCUT2D eigenvalue weighted by Gasteiger charge is -2.20. The molecule has 0 unspecified atom stereocenters. The van der Waals surface area contributed by atoms with E-state index in [1.165, 1.54) is 16.9 Å². The summed E-state index contributed by atoms with van der Waals surface area (Å²) in [6.45, 7) is 4.64. The van der Waals surface area contributed by atoms with Crippen LogP contribution in [0.25, 0.3) is 0 Å². The van der Waals surface area contributed by atoms with E-state index in [2.05, 4.69) is 28.9 Å². The highest BCUT2D eigenvalue weighted by Crippen LogP contribution is 2.18. The van der Waals surface area contributed by atoms with Crippen LogP contribution in [0, 0.1) is 0 Å². The van der Waals surface area contributed by atoms with E-state index in [9.17, 15) is 4.79 Å². The minimum Gasteiger partial charge on any atom is -0.481 e. The van der Waals surface area contributed by atoms with E-state index in [0.717, 1.165) is 24.5 Å². The van der Waals surface area contributed by atoms with Crippen LogP contribution in [0.4, 0.5) is 0 Å². The Morgan fingerprint density at radius 3 is 2.70 bits per heavy atom. The fourth-order valence-electron chi connectivity index (χ4n) is 2.03. The van der Waals surface area contributed by atoms with E-state index in [4.69, 9.17) is 5.11 Å². The zero-order valence-corrected chi connectivity index (χ0v) is 12.3. The topological polar surface area (TPSA) is 53.4 Å². The van der Waals surface area contributed by atoms with Gasteiger partial charge in [0.05, 0.1) is 17.6 Å². The van der Waals surface area contributed by atoms with Gasteiger partial charge in [-0.1, -0.05) is 37.3 Å². The largest absolute Gasteiger partial charge is 0.481 e. The van der Waals surface area contributed by atoms with Gasteiger partial charge in [-0.2, -0.15) is 0 Å². The Kier molecular flexibility index (Phi) is 5.26. The summed E-state index contributed by atoms with van der Waals surface area (Å²) in [5.74, 6) is -0.830. The molecule has 0 aliphatic rings. The summed E-state index contributed by atoms with van der Waals surface area (Å²) in [5, 5.41) is 8.89. The van der Waals surface area contributed by atoms with Crippen molar-refractivity contribution in [2.24, 2.45) is 0 Å². The molecule has 0 amide bonds. The molecule has 0 aliphatic heterocycles. The first-order chi connectivity index (χ1) is 9.69. The highest BCUT2D eigenvalue weighted by molar-refractivity contribution is 7.09. The van der Waals surface area contributed by atoms with Gasteiger partial charge in [0.25, 0.3) is 0 Å². The van der Waals surface area contributed by atoms with Crippen molar-refractivity contribution < 1.29 is 9.90 Å². The molecule has 5 heteroatoms. The Labute approximate surface area is 122 Å². The molecule has 0 spiro atoms. The average molecular weight is 290 g/mol. The molecule has 2 aromatic rings. The smallest absolute Gasteiger partial charge is 0.309 e. The monoisotopic (exact) mass is 290 g/mol. The maximum Gasteiger partial charge on any atom is 0.309 e. The fourth-order valence-corrected chi connectivity index (χ4v) is 2.86. The van der Waals surface area contributed by atoms with Crippen molar-refractivity contribution in [1.82, 2.24) is 9.88 Å². The number of thiazole rings is 1. The molecule has 0 aliphatic carbocycles. The van der Waals surface area contributed by atoms with Crippen LogP contribution in [0.15, 0.2) is 35.8 Å². The van der Waals surface area contributed by atoms with E-state index in [1.807, 2.05) is 18.2 Å². The zero-order chi connectivity index (χ0) is 14.4. The average Bonchev–Trinajstić information content (AvgIpc) is 2.85. The van der Waals surface area contributed by atoms with Gasteiger partial charge in [0, 0.05) is 18.0 Å². The highest BCUT2D eigenvalue weighted by Gasteiger charge is 2.13. The quantitative estimate of drug-likeness (QED) is 0.852. The van der Waals surface area contributed by atoms with Crippen molar-refractivity contribution in [3.8, 4) is 0 Å². The Morgan fingerprint density at radius 1 is 1.30 bits per heavy atom. The van der Waals surface area contributed by atoms with Crippen molar-refractivity contribution in [2.75, 3.05) is 6.54 Å². The van der Waals surface area contributed by atoms with Gasteiger partial charge in [0.2, 0.25) is 0 Å². The minimum absolute atomic E-state index is 0.00171. The molecular formula is C15H18N2O2S. The van der Waals surface area contributed by atoms with Crippen LogP contribution in [-0.2, 0) is 24.3 Å². The number of benzene rings is 1. The third-order valence-electron chi connectivity index (χ3n) is 3.11. The molecule has 0 radical (unpaired) electrons. The molecule has 106 valence electrons. The third-order valence-corrected chi connectivity index (χ3v) is 3.97. The van der Waals surface area contributed by atoms with Gasteiger partial charge >= 0.3 is 5.97 Å². The Bertz CT molecular complexity index is 554. The van der Waals surface area contributed by atoms with Crippen molar-refractivity contribution in [3.63, 3.8) is 0 Å². The molecule has 2 rings (SSSR count). The molecule has 1 N–H and O–H groups in total. The lowest BCUT2D eigenvalue weighted by Crippen LogP contribution is -2.22. The number of aliphatic carboxylic acids is 1. The molecular weight excluding hydrogens is 272 g/mol. The predicted octanol–water partition coefficient (Wildman–Crippen LogP) is 2.79. The summed E-state index contributed by atoms with van der Waals surface area (Å²) in [6.07, 6.45) is 0.00171. The second-order valence-electron chi connectivity index (χ2n) is 4.58. The normalized spacial score (nSPS) is 10.9. The minimum atomic E-state index is -0.830. The number of aromatic nitrogens is 1. The van der Waals surface area contributed by atoms with Crippen LogP contribution in [0.3, 0.4) is 0 Å². The van der Waals surface area contributed by atoms with E-state index in [0.29, 0.717) is 5.69 Å². The molecule has 0 saturated heterocycles. The second-order valence-corrected chi connectivity index (χ2v) is 5.52. The van der Waals surface area contributed by atoms with E-state index >= 15 is 0 Å². The first-order valence-electron chi connectivity index (χ1n) is 6.58. The molecule has 0 saturated carbocycles. The lowest BCUT2D eigenvalue weighted by molar-refractivity contribution is -0.136. The number of carboxylic acid groups (broad SMARTS) is 1. The van der Waals surface area contributed by atoms with Gasteiger partial charge in [-0.15, -0.1) is 11.3 Å². The summed E-state index contributed by atoms with van der Waals surface area (Å²) in [5.41, 5.74) is 3.68. The van der Waals surface area contributed by atoms with Gasteiger partial charge < -0.3 is 5.11 Å². The van der Waals surface area contributed by atoms with Gasteiger partial charge in [-0.3, -0.25) is 9.69 Å². The highest BCUT2D eigenvalue weighted by atomic mass is 32.1. The van der Waals surface area contributed by atoms with E-state index in [1.54, 1.807) is 5.51 Å². The van der Waals surface area contributed by atoms with Gasteiger partial charge in [-0.05, 0) is 12.1 Å². The molecule has 1 aromatic heterocycles. The maximum atomic E-state index is 10.8. The zero-order valence-electron chi connectivity index (χ0n) is 11.5. The Morgan fingerprint density at radius 2 is 2.05 bits per heavy atom. The predicted molar refractivity (Wildman–Crippen MR) is 79.7 cm³/mol. The second kappa shape index (κ2) is 7.17. The molecule has 1 aromatic carbocycles. The van der Waals surface area contributed by atoms with Crippen LogP contribution in [-0.4, -0.2) is 27.5 Å². The molecule has 1 heterocycles. The first kappa shape index (κ1) is 14.7. The Balaban J connectivity index is 2.03. The standard InChI is InChI=1S/C15H18N2O2S/c1-2-17(9-12-6-4-3-5-7-12)10-14-13(8-15(18)19)16-11-20-14/h3-7,11H,2,8-10H2,1H3,(H,18,19). The van der Waals surface area contributed by atoms with Crippen molar-refractivity contribution in [1.29, 1.82) is 0 Å². The number of carbonyl (C=O) groups is 1. The van der Waals surface area contributed by atoms with Crippen LogP contribution in [0.5, 0.6) is 0 Å². The van der Waals surface area contributed by atoms with E-state index in [-0.39, 0.29) is 6.42 Å². The molecule has 0 bridgehead atoms. The lowest BCUT2D eigenvalue weighted by atomic mass is 10.2. The van der Waals surface area contributed by atoms with Crippen LogP contribution in [0.2, 0.25) is 0 Å². The van der Waals surface area contributed by atoms with Gasteiger partial charge in [0.15, 0.2) is 0 Å². The van der Waals surface area contributed by atoms with Crippen LogP contribution >= 0.6 is 11.3 Å². The number of rotatable bonds is 7. The molecule has 4 nitrogen and oxygen atoms in total. The van der Waals surface area contributed by atoms with Gasteiger partial charge in [0.1, 0.15) is 0 Å². The summed E-state index contributed by atoms with van der Waals surface area (Å²) in [6, 6.07) is 10.3. The number of hydrogen-bond donors (Lipinski definition) is 1. The van der Waals surface area contributed by atoms with Crippen molar-refractivity contribution in [3.05, 3.63) is 52.0 Å². The summed E-state index contributed by atoms with van der Waals surface area (Å²) in [7, 11) is 0. The van der Waals surface area contributed by atoms with Crippen molar-refractivity contribution in [2.45, 2.75) is 26.4 Å². The summed E-state index contributed by atoms with van der Waals surface area (Å²) >= 11 is 1.53. The van der Waals surface area contributed by atoms with Gasteiger partial charge in [-0.25, -0.2) is 4.98 Å². The van der Waals surface area contributed by atoms with Crippen molar-refractivity contribution >= 4 is 17.3 Å². The summed E-state index contributed by atoms with van der Waals surface area (Å²) < 4.78 is 0. The maximum absolute atomic E-state index is 10.8. The molecule has 0 fully saturated rings. The van der Waals surface area contributed by atoms with E-state index < -0.39 is 5.97 Å². The third kappa shape index (κ3) is 4.15. The number of hydrogen-bond acceptors (Lipinski definition) is 4. The fraction of sp³-hybridized carbons (Fsp3) is 0.333. The number of nitrogens with zero attached hydrogens (tertiary/aromatic N) is 2. The molecule has 0 atom stereocenters.